The van der Waals surface area contributed by atoms with Crippen LogP contribution in [-0.2, 0) is 6.42 Å². The van der Waals surface area contributed by atoms with Crippen LogP contribution in [0.2, 0.25) is 0 Å². The normalized spacial score (nSPS) is 12.4. The van der Waals surface area contributed by atoms with E-state index in [-0.39, 0.29) is 6.04 Å². The maximum absolute atomic E-state index is 5.69. The minimum Gasteiger partial charge on any atom is -0.496 e. The molecule has 3 N–H and O–H groups in total. The van der Waals surface area contributed by atoms with Crippen LogP contribution < -0.4 is 16.0 Å². The lowest BCUT2D eigenvalue weighted by molar-refractivity contribution is 0.399. The van der Waals surface area contributed by atoms with Gasteiger partial charge < -0.3 is 4.74 Å². The van der Waals surface area contributed by atoms with Crippen LogP contribution in [0, 0.1) is 6.92 Å². The Morgan fingerprint density at radius 3 is 2.83 bits per heavy atom. The average Bonchev–Trinajstić information content (AvgIpc) is 2.88. The van der Waals surface area contributed by atoms with E-state index in [9.17, 15) is 0 Å². The lowest BCUT2D eigenvalue weighted by Crippen LogP contribution is -2.29. The van der Waals surface area contributed by atoms with Crippen molar-refractivity contribution in [2.45, 2.75) is 19.4 Å². The lowest BCUT2D eigenvalue weighted by atomic mass is 10.0. The van der Waals surface area contributed by atoms with Crippen molar-refractivity contribution in [3.05, 3.63) is 51.7 Å². The molecule has 0 fully saturated rings. The van der Waals surface area contributed by atoms with Crippen LogP contribution >= 0.6 is 11.3 Å². The second kappa shape index (κ2) is 6.00. The van der Waals surface area contributed by atoms with Gasteiger partial charge in [0, 0.05) is 16.9 Å². The minimum absolute atomic E-state index is 0.0681. The molecule has 0 aliphatic rings. The molecular weight excluding hydrogens is 244 g/mol. The number of methoxy groups -OCH3 is 1. The third-order valence-electron chi connectivity index (χ3n) is 2.95. The van der Waals surface area contributed by atoms with Gasteiger partial charge in [-0.15, -0.1) is 11.3 Å². The molecule has 2 rings (SSSR count). The summed E-state index contributed by atoms with van der Waals surface area (Å²) in [5, 5.41) is 2.08. The number of nitrogens with two attached hydrogens (primary N) is 1. The second-order valence-electron chi connectivity index (χ2n) is 4.25. The number of nitrogens with one attached hydrogen (secondary N) is 1. The van der Waals surface area contributed by atoms with Gasteiger partial charge in [-0.1, -0.05) is 23.8 Å². The third-order valence-corrected chi connectivity index (χ3v) is 3.85. The van der Waals surface area contributed by atoms with Gasteiger partial charge in [0.2, 0.25) is 0 Å². The van der Waals surface area contributed by atoms with E-state index >= 15 is 0 Å². The smallest absolute Gasteiger partial charge is 0.123 e. The Morgan fingerprint density at radius 2 is 2.22 bits per heavy atom. The highest BCUT2D eigenvalue weighted by molar-refractivity contribution is 7.09. The summed E-state index contributed by atoms with van der Waals surface area (Å²) in [5.41, 5.74) is 5.20. The number of benzene rings is 1. The van der Waals surface area contributed by atoms with E-state index in [1.54, 1.807) is 18.4 Å². The zero-order valence-corrected chi connectivity index (χ0v) is 11.5. The molecule has 1 aromatic heterocycles. The second-order valence-corrected chi connectivity index (χ2v) is 5.28. The van der Waals surface area contributed by atoms with Crippen LogP contribution in [-0.4, -0.2) is 7.11 Å². The van der Waals surface area contributed by atoms with Crippen molar-refractivity contribution in [1.29, 1.82) is 0 Å². The van der Waals surface area contributed by atoms with Gasteiger partial charge in [-0.3, -0.25) is 11.3 Å². The molecule has 1 heterocycles. The first kappa shape index (κ1) is 13.1. The molecule has 0 aliphatic carbocycles. The largest absolute Gasteiger partial charge is 0.496 e. The third kappa shape index (κ3) is 2.90. The van der Waals surface area contributed by atoms with Crippen molar-refractivity contribution in [3.8, 4) is 5.75 Å². The Morgan fingerprint density at radius 1 is 1.39 bits per heavy atom. The van der Waals surface area contributed by atoms with Gasteiger partial charge in [0.15, 0.2) is 0 Å². The Bertz CT molecular complexity index is 497. The van der Waals surface area contributed by atoms with E-state index in [0.29, 0.717) is 0 Å². The fourth-order valence-electron chi connectivity index (χ4n) is 2.01. The highest BCUT2D eigenvalue weighted by atomic mass is 32.1. The molecule has 4 heteroatoms. The van der Waals surface area contributed by atoms with Crippen LogP contribution in [0.1, 0.15) is 22.0 Å². The zero-order chi connectivity index (χ0) is 13.0. The van der Waals surface area contributed by atoms with E-state index in [1.165, 1.54) is 10.4 Å². The highest BCUT2D eigenvalue weighted by Crippen LogP contribution is 2.29. The maximum Gasteiger partial charge on any atom is 0.123 e. The fourth-order valence-corrected chi connectivity index (χ4v) is 2.77. The van der Waals surface area contributed by atoms with Crippen LogP contribution in [0.25, 0.3) is 0 Å². The molecule has 18 heavy (non-hydrogen) atoms. The predicted molar refractivity (Wildman–Crippen MR) is 75.8 cm³/mol. The Balaban J connectivity index is 2.28. The molecule has 2 aromatic rings. The minimum atomic E-state index is 0.0681. The first-order valence-corrected chi connectivity index (χ1v) is 6.75. The van der Waals surface area contributed by atoms with Gasteiger partial charge in [-0.2, -0.15) is 0 Å². The van der Waals surface area contributed by atoms with Crippen molar-refractivity contribution in [2.24, 2.45) is 5.84 Å². The van der Waals surface area contributed by atoms with E-state index in [4.69, 9.17) is 10.6 Å². The molecule has 0 saturated carbocycles. The molecule has 0 radical (unpaired) electrons. The molecule has 96 valence electrons. The summed E-state index contributed by atoms with van der Waals surface area (Å²) in [6, 6.07) is 10.4. The molecule has 0 spiro atoms. The van der Waals surface area contributed by atoms with Gasteiger partial charge in [-0.25, -0.2) is 0 Å². The van der Waals surface area contributed by atoms with Crippen molar-refractivity contribution in [1.82, 2.24) is 5.43 Å². The highest BCUT2D eigenvalue weighted by Gasteiger charge is 2.16. The molecular formula is C14H18N2OS. The van der Waals surface area contributed by atoms with Crippen LogP contribution in [0.5, 0.6) is 5.75 Å². The van der Waals surface area contributed by atoms with E-state index in [1.807, 2.05) is 12.1 Å². The summed E-state index contributed by atoms with van der Waals surface area (Å²) < 4.78 is 5.41. The van der Waals surface area contributed by atoms with Crippen LogP contribution in [0.15, 0.2) is 35.7 Å². The van der Waals surface area contributed by atoms with Crippen LogP contribution in [0.3, 0.4) is 0 Å². The van der Waals surface area contributed by atoms with Crippen molar-refractivity contribution >= 4 is 11.3 Å². The lowest BCUT2D eigenvalue weighted by Gasteiger charge is -2.19. The number of aryl methyl sites for hydroxylation is 1. The Hall–Kier alpha value is -1.36. The molecule has 1 aromatic carbocycles. The predicted octanol–water partition coefficient (Wildman–Crippen LogP) is 2.81. The summed E-state index contributed by atoms with van der Waals surface area (Å²) in [5.74, 6) is 6.57. The van der Waals surface area contributed by atoms with Crippen molar-refractivity contribution in [3.63, 3.8) is 0 Å². The summed E-state index contributed by atoms with van der Waals surface area (Å²) in [7, 11) is 1.69. The van der Waals surface area contributed by atoms with Gasteiger partial charge in [0.25, 0.3) is 0 Å². The fraction of sp³-hybridized carbons (Fsp3) is 0.286. The van der Waals surface area contributed by atoms with Crippen LogP contribution in [0.4, 0.5) is 0 Å². The first-order chi connectivity index (χ1) is 8.74. The quantitative estimate of drug-likeness (QED) is 0.643. The topological polar surface area (TPSA) is 47.3 Å². The molecule has 1 unspecified atom stereocenters. The SMILES string of the molecule is COc1ccc(C)cc1C(Cc1cccs1)NN. The summed E-state index contributed by atoms with van der Waals surface area (Å²) in [6.07, 6.45) is 0.869. The molecule has 0 bridgehead atoms. The van der Waals surface area contributed by atoms with Gasteiger partial charge in [0.05, 0.1) is 13.2 Å². The number of hydrazine groups is 1. The molecule has 0 aliphatic heterocycles. The number of hydrogen-bond acceptors (Lipinski definition) is 4. The molecule has 0 saturated heterocycles. The number of ether oxygens (including phenoxy) is 1. The summed E-state index contributed by atoms with van der Waals surface area (Å²) in [6.45, 7) is 2.07. The molecule has 1 atom stereocenters. The van der Waals surface area contributed by atoms with Gasteiger partial charge >= 0.3 is 0 Å². The van der Waals surface area contributed by atoms with Gasteiger partial charge in [-0.05, 0) is 24.4 Å². The summed E-state index contributed by atoms with van der Waals surface area (Å²) >= 11 is 1.74. The number of hydrogen-bond donors (Lipinski definition) is 2. The molecule has 0 amide bonds. The first-order valence-electron chi connectivity index (χ1n) is 5.87. The van der Waals surface area contributed by atoms with E-state index < -0.39 is 0 Å². The Kier molecular flexibility index (Phi) is 4.36. The number of rotatable bonds is 5. The van der Waals surface area contributed by atoms with Crippen molar-refractivity contribution < 1.29 is 4.74 Å². The average molecular weight is 262 g/mol. The molecule has 3 nitrogen and oxygen atoms in total. The van der Waals surface area contributed by atoms with Gasteiger partial charge in [0.1, 0.15) is 5.75 Å². The van der Waals surface area contributed by atoms with E-state index in [2.05, 4.69) is 35.9 Å². The van der Waals surface area contributed by atoms with E-state index in [0.717, 1.165) is 17.7 Å². The zero-order valence-electron chi connectivity index (χ0n) is 10.6. The standard InChI is InChI=1S/C14H18N2OS/c1-10-5-6-14(17-2)12(8-10)13(16-15)9-11-4-3-7-18-11/h3-8,13,16H,9,15H2,1-2H3. The monoisotopic (exact) mass is 262 g/mol. The summed E-state index contributed by atoms with van der Waals surface area (Å²) in [4.78, 5) is 1.31. The number of thiophene rings is 1. The maximum atomic E-state index is 5.69. The Labute approximate surface area is 112 Å². The van der Waals surface area contributed by atoms with Crippen molar-refractivity contribution in [2.75, 3.05) is 7.11 Å².